The molecule has 0 amide bonds. The van der Waals surface area contributed by atoms with Crippen molar-refractivity contribution >= 4 is 33.1 Å². The molecule has 136 valence electrons. The van der Waals surface area contributed by atoms with Crippen LogP contribution in [0.4, 0.5) is 5.82 Å². The van der Waals surface area contributed by atoms with E-state index in [0.29, 0.717) is 36.1 Å². The summed E-state index contributed by atoms with van der Waals surface area (Å²) in [7, 11) is -3.42. The number of carboxylic acids is 1. The molecule has 0 bridgehead atoms. The van der Waals surface area contributed by atoms with Gasteiger partial charge in [-0.25, -0.2) is 23.2 Å². The van der Waals surface area contributed by atoms with Crippen molar-refractivity contribution in [1.82, 2.24) is 14.3 Å². The van der Waals surface area contributed by atoms with Crippen LogP contribution in [-0.4, -0.2) is 53.4 Å². The average molecular weight is 384 g/mol. The fourth-order valence-electron chi connectivity index (χ4n) is 2.17. The number of anilines is 1. The highest BCUT2D eigenvalue weighted by Crippen LogP contribution is 2.25. The third-order valence-corrected chi connectivity index (χ3v) is 7.15. The number of rotatable bonds is 9. The van der Waals surface area contributed by atoms with E-state index >= 15 is 0 Å². The fraction of sp³-hybridized carbons (Fsp3) is 0.400. The zero-order valence-corrected chi connectivity index (χ0v) is 15.6. The van der Waals surface area contributed by atoms with Crippen molar-refractivity contribution in [1.29, 1.82) is 0 Å². The van der Waals surface area contributed by atoms with Crippen LogP contribution >= 0.6 is 11.3 Å². The van der Waals surface area contributed by atoms with Crippen LogP contribution < -0.4 is 5.32 Å². The Balaban J connectivity index is 1.94. The first-order valence-electron chi connectivity index (χ1n) is 7.76. The predicted octanol–water partition coefficient (Wildman–Crippen LogP) is 1.92. The molecule has 0 aliphatic carbocycles. The number of sulfonamides is 1. The summed E-state index contributed by atoms with van der Waals surface area (Å²) >= 11 is 1.26. The van der Waals surface area contributed by atoms with Gasteiger partial charge in [0, 0.05) is 24.5 Å². The lowest BCUT2D eigenvalue weighted by Gasteiger charge is -2.16. The lowest BCUT2D eigenvalue weighted by molar-refractivity contribution is 0.0690. The van der Waals surface area contributed by atoms with Crippen LogP contribution in [-0.2, 0) is 16.4 Å². The Bertz CT molecular complexity index is 814. The quantitative estimate of drug-likeness (QED) is 0.679. The van der Waals surface area contributed by atoms with E-state index in [1.165, 1.54) is 28.0 Å². The molecule has 0 aromatic carbocycles. The normalized spacial score (nSPS) is 11.6. The molecule has 0 unspecified atom stereocenters. The maximum atomic E-state index is 12.4. The summed E-state index contributed by atoms with van der Waals surface area (Å²) in [4.78, 5) is 19.4. The molecular weight excluding hydrogens is 364 g/mol. The van der Waals surface area contributed by atoms with E-state index in [1.807, 2.05) is 19.9 Å². The van der Waals surface area contributed by atoms with Gasteiger partial charge in [-0.05, 0) is 18.6 Å². The number of nitrogens with zero attached hydrogens (tertiary/aromatic N) is 3. The van der Waals surface area contributed by atoms with Crippen molar-refractivity contribution < 1.29 is 18.3 Å². The van der Waals surface area contributed by atoms with Gasteiger partial charge in [-0.3, -0.25) is 0 Å². The molecule has 25 heavy (non-hydrogen) atoms. The predicted molar refractivity (Wildman–Crippen MR) is 95.6 cm³/mol. The monoisotopic (exact) mass is 384 g/mol. The maximum Gasteiger partial charge on any atom is 0.356 e. The zero-order valence-electron chi connectivity index (χ0n) is 14.0. The molecule has 2 rings (SSSR count). The second kappa shape index (κ2) is 8.37. The van der Waals surface area contributed by atoms with Crippen LogP contribution in [0.25, 0.3) is 0 Å². The van der Waals surface area contributed by atoms with Crippen molar-refractivity contribution in [3.63, 3.8) is 0 Å². The molecular formula is C15H20N4O4S2. The number of carboxylic acid groups (broad SMARTS) is 1. The number of hydrogen-bond acceptors (Lipinski definition) is 7. The van der Waals surface area contributed by atoms with E-state index in [-0.39, 0.29) is 5.69 Å². The van der Waals surface area contributed by atoms with Crippen molar-refractivity contribution in [2.45, 2.75) is 24.5 Å². The van der Waals surface area contributed by atoms with Gasteiger partial charge in [-0.15, -0.1) is 11.3 Å². The second-order valence-electron chi connectivity index (χ2n) is 5.08. The fourth-order valence-corrected chi connectivity index (χ4v) is 5.13. The molecule has 0 saturated carbocycles. The standard InChI is InChI=1S/C15H20N4O4S2/c1-3-19(4-2)25(22,23)14-6-5-11(24-14)7-8-16-13-10-17-12(9-18-13)15(20)21/h5-6,9-10H,3-4,7-8H2,1-2H3,(H,16,18)(H,20,21). The molecule has 0 aliphatic rings. The van der Waals surface area contributed by atoms with Crippen LogP contribution in [0, 0.1) is 0 Å². The van der Waals surface area contributed by atoms with Gasteiger partial charge in [0.05, 0.1) is 12.4 Å². The Hall–Kier alpha value is -2.04. The summed E-state index contributed by atoms with van der Waals surface area (Å²) in [5.74, 6) is -0.655. The van der Waals surface area contributed by atoms with Gasteiger partial charge < -0.3 is 10.4 Å². The topological polar surface area (TPSA) is 112 Å². The Labute approximate surface area is 150 Å². The summed E-state index contributed by atoms with van der Waals surface area (Å²) in [6.45, 7) is 5.05. The largest absolute Gasteiger partial charge is 0.476 e. The molecule has 10 heteroatoms. The lowest BCUT2D eigenvalue weighted by Crippen LogP contribution is -2.29. The molecule has 0 radical (unpaired) electrons. The summed E-state index contributed by atoms with van der Waals surface area (Å²) in [6, 6.07) is 3.44. The Kier molecular flexibility index (Phi) is 6.45. The maximum absolute atomic E-state index is 12.4. The molecule has 2 aromatic rings. The highest BCUT2D eigenvalue weighted by Gasteiger charge is 2.23. The molecule has 0 atom stereocenters. The number of thiophene rings is 1. The van der Waals surface area contributed by atoms with Crippen LogP contribution in [0.15, 0.2) is 28.7 Å². The van der Waals surface area contributed by atoms with Crippen molar-refractivity contribution in [2.75, 3.05) is 25.0 Å². The first kappa shape index (κ1) is 19.3. The Morgan fingerprint density at radius 1 is 1.24 bits per heavy atom. The van der Waals surface area contributed by atoms with E-state index in [4.69, 9.17) is 5.11 Å². The van der Waals surface area contributed by atoms with E-state index in [0.717, 1.165) is 4.88 Å². The minimum atomic E-state index is -3.42. The van der Waals surface area contributed by atoms with E-state index < -0.39 is 16.0 Å². The third kappa shape index (κ3) is 4.74. The summed E-state index contributed by atoms with van der Waals surface area (Å²) in [5.41, 5.74) is -0.116. The van der Waals surface area contributed by atoms with Crippen LogP contribution in [0.2, 0.25) is 0 Å². The highest BCUT2D eigenvalue weighted by atomic mass is 32.2. The lowest BCUT2D eigenvalue weighted by atomic mass is 10.3. The molecule has 0 fully saturated rings. The Morgan fingerprint density at radius 3 is 2.52 bits per heavy atom. The van der Waals surface area contributed by atoms with Gasteiger partial charge in [0.1, 0.15) is 10.0 Å². The molecule has 0 spiro atoms. The molecule has 0 aliphatic heterocycles. The number of aromatic nitrogens is 2. The van der Waals surface area contributed by atoms with E-state index in [9.17, 15) is 13.2 Å². The van der Waals surface area contributed by atoms with Crippen LogP contribution in [0.5, 0.6) is 0 Å². The minimum absolute atomic E-state index is 0.116. The number of aromatic carboxylic acids is 1. The average Bonchev–Trinajstić information content (AvgIpc) is 3.06. The number of carbonyl (C=O) groups is 1. The first-order chi connectivity index (χ1) is 11.9. The van der Waals surface area contributed by atoms with Crippen LogP contribution in [0.3, 0.4) is 0 Å². The molecule has 8 nitrogen and oxygen atoms in total. The van der Waals surface area contributed by atoms with Gasteiger partial charge in [0.2, 0.25) is 0 Å². The first-order valence-corrected chi connectivity index (χ1v) is 10.0. The summed E-state index contributed by atoms with van der Waals surface area (Å²) < 4.78 is 26.7. The Morgan fingerprint density at radius 2 is 1.96 bits per heavy atom. The van der Waals surface area contributed by atoms with Crippen molar-refractivity contribution in [3.05, 3.63) is 35.1 Å². The molecule has 2 aromatic heterocycles. The molecule has 2 heterocycles. The highest BCUT2D eigenvalue weighted by molar-refractivity contribution is 7.91. The van der Waals surface area contributed by atoms with E-state index in [1.54, 1.807) is 6.07 Å². The van der Waals surface area contributed by atoms with E-state index in [2.05, 4.69) is 15.3 Å². The van der Waals surface area contributed by atoms with Crippen molar-refractivity contribution in [2.24, 2.45) is 0 Å². The molecule has 0 saturated heterocycles. The number of nitrogens with one attached hydrogen (secondary N) is 1. The van der Waals surface area contributed by atoms with Gasteiger partial charge in [0.25, 0.3) is 10.0 Å². The molecule has 2 N–H and O–H groups in total. The second-order valence-corrected chi connectivity index (χ2v) is 8.41. The van der Waals surface area contributed by atoms with Crippen LogP contribution in [0.1, 0.15) is 29.2 Å². The van der Waals surface area contributed by atoms with Gasteiger partial charge >= 0.3 is 5.97 Å². The van der Waals surface area contributed by atoms with Gasteiger partial charge in [-0.2, -0.15) is 4.31 Å². The van der Waals surface area contributed by atoms with Gasteiger partial charge in [-0.1, -0.05) is 13.8 Å². The third-order valence-electron chi connectivity index (χ3n) is 3.49. The summed E-state index contributed by atoms with van der Waals surface area (Å²) in [6.07, 6.45) is 3.17. The van der Waals surface area contributed by atoms with Crippen molar-refractivity contribution in [3.8, 4) is 0 Å². The summed E-state index contributed by atoms with van der Waals surface area (Å²) in [5, 5.41) is 11.8. The minimum Gasteiger partial charge on any atom is -0.476 e. The SMILES string of the molecule is CCN(CC)S(=O)(=O)c1ccc(CCNc2cnc(C(=O)O)cn2)s1. The van der Waals surface area contributed by atoms with Gasteiger partial charge in [0.15, 0.2) is 5.69 Å². The number of hydrogen-bond donors (Lipinski definition) is 2. The zero-order chi connectivity index (χ0) is 18.4. The smallest absolute Gasteiger partial charge is 0.356 e.